The number of aliphatic hydroxyl groups excluding tert-OH is 1. The summed E-state index contributed by atoms with van der Waals surface area (Å²) in [4.78, 5) is 293. The third-order valence-corrected chi connectivity index (χ3v) is 26.4. The van der Waals surface area contributed by atoms with Crippen molar-refractivity contribution in [3.05, 3.63) is 90.3 Å². The van der Waals surface area contributed by atoms with Gasteiger partial charge in [0, 0.05) is 128 Å². The van der Waals surface area contributed by atoms with Gasteiger partial charge < -0.3 is 134 Å². The number of hydrogen-bond donors (Lipinski definition) is 21. The van der Waals surface area contributed by atoms with Crippen molar-refractivity contribution in [2.24, 2.45) is 17.8 Å². The number of benzene rings is 2. The number of rotatable bonds is 33. The number of carboxylic acid groups (broad SMARTS) is 2. The van der Waals surface area contributed by atoms with E-state index in [1.54, 1.807) is 102 Å². The molecule has 0 aliphatic carbocycles. The average molecular weight is 2020 g/mol. The molecule has 2 aromatic carbocycles. The molecule has 4 fully saturated rings. The number of amides is 17. The lowest BCUT2D eigenvalue weighted by atomic mass is 9.98. The van der Waals surface area contributed by atoms with Gasteiger partial charge >= 0.3 is 11.9 Å². The molecule has 5 aromatic rings. The minimum absolute atomic E-state index is 0.0489. The molecule has 2 bridgehead atoms. The molecule has 0 unspecified atom stereocenters. The largest absolute Gasteiger partial charge is 0.481 e. The van der Waals surface area contributed by atoms with Gasteiger partial charge in [0.2, 0.25) is 100 Å². The minimum atomic E-state index is -2.10. The Labute approximate surface area is 827 Å². The lowest BCUT2D eigenvalue weighted by molar-refractivity contribution is -0.149. The first kappa shape index (κ1) is 112. The van der Waals surface area contributed by atoms with Gasteiger partial charge in [0.25, 0.3) is 0 Å². The molecular weight excluding hydrogens is 1890 g/mol. The fourth-order valence-electron chi connectivity index (χ4n) is 16.5. The van der Waals surface area contributed by atoms with Crippen LogP contribution in [0.15, 0.2) is 73.4 Å². The fourth-order valence-corrected chi connectivity index (χ4v) is 18.9. The number of aromatic nitrogens is 4. The number of unbranched alkanes of at least 4 members (excludes halogenated alkanes) is 1. The predicted molar refractivity (Wildman–Crippen MR) is 517 cm³/mol. The topological polar surface area (TPSA) is 660 Å². The second-order valence-electron chi connectivity index (χ2n) is 36.5. The number of aromatic amines is 3. The number of carboxylic acids is 2. The van der Waals surface area contributed by atoms with Crippen LogP contribution in [0.2, 0.25) is 0 Å². The Kier molecular flexibility index (Phi) is 44.2. The number of aliphatic carboxylic acids is 2. The highest BCUT2D eigenvalue weighted by atomic mass is 33.1. The number of para-hydroxylation sites is 2. The first-order valence-corrected chi connectivity index (χ1v) is 49.9. The van der Waals surface area contributed by atoms with Crippen LogP contribution in [-0.4, -0.2) is 331 Å². The molecule has 4 aliphatic rings. The first-order chi connectivity index (χ1) is 67.7. The zero-order chi connectivity index (χ0) is 103. The van der Waals surface area contributed by atoms with Crippen molar-refractivity contribution < 1.29 is 121 Å². The highest BCUT2D eigenvalue weighted by molar-refractivity contribution is 8.76. The maximum Gasteiger partial charge on any atom is 0.305 e. The third kappa shape index (κ3) is 34.6. The zero-order valence-electron chi connectivity index (χ0n) is 80.5. The maximum absolute atomic E-state index is 15.7. The first-order valence-electron chi connectivity index (χ1n) is 47.4. The number of fused-ring (bicyclic) bond motifs is 9. The van der Waals surface area contributed by atoms with Crippen LogP contribution in [-0.2, 0) is 125 Å². The molecule has 142 heavy (non-hydrogen) atoms. The molecule has 4 aliphatic heterocycles. The van der Waals surface area contributed by atoms with Crippen molar-refractivity contribution in [3.8, 4) is 12.3 Å². The van der Waals surface area contributed by atoms with Gasteiger partial charge in [0.1, 0.15) is 84.6 Å². The summed E-state index contributed by atoms with van der Waals surface area (Å²) >= 11 is 0. The quantitative estimate of drug-likeness (QED) is 0.0119. The number of nitrogens with one attached hydrogen (secondary N) is 18. The van der Waals surface area contributed by atoms with Gasteiger partial charge in [-0.05, 0) is 99.8 Å². The van der Waals surface area contributed by atoms with E-state index in [4.69, 9.17) is 20.6 Å². The predicted octanol–water partition coefficient (Wildman–Crippen LogP) is -2.33. The van der Waals surface area contributed by atoms with Crippen LogP contribution in [0.1, 0.15) is 149 Å². The molecule has 774 valence electrons. The van der Waals surface area contributed by atoms with Crippen LogP contribution < -0.4 is 79.8 Å². The number of carbonyl (C=O) groups excluding carboxylic acids is 17. The molecule has 3 aromatic heterocycles. The van der Waals surface area contributed by atoms with Crippen molar-refractivity contribution in [2.75, 3.05) is 77.3 Å². The Morgan fingerprint density at radius 3 is 1.61 bits per heavy atom. The standard InChI is InChI=1S/C94H131N21O25S2/c1-10-11-12-23-74(117)96-27-30-139-32-34-140-33-31-138-29-26-75(118)102-58-40-73-91(134)108-69(41-78(122)123)87(130)110-70-47-141-142-48-71(90(133)113-80(54(9)116)94(137)114-28-17-22-72(114)93(136)115(73)46-58)111-85(128)67(38-56-43-98-62-21-16-14-19-60(56)62)109-92(135)79(52(6)7)112-88(131)65(36-51(4)5)106-83(126)63(24-25-77(120)121)103-76(119)45-99-82(125)64(35-50(2)3)105-86(129)68(39-57-44-95-49-100-57)107-84(127)66(104-81(124)53(8)101-89(70)132)37-55-42-97-61-20-15-13-18-59(55)61/h1,13-16,18-21,42-44,49-54,58,63-73,79-80,97-98,116H,11-12,17,22-41,45-48H2,2-9H3,(H,95,100)(H,96,117)(H,99,125)(H,101,132)(H,102,118)(H,103,119)(H,104,124)(H,105,129)(H,106,126)(H,107,127)(H,108,134)(H,109,135)(H,110,130)(H,111,128)(H,112,131)(H,113,133)(H,120,121)(H,122,123)/t53-,54+,58-,63-,64-,65-,66-,67-,68-,69-,70-,71-,72+,73-,79-,80-/m0/s1. The number of ether oxygens (including phenoxy) is 3. The summed E-state index contributed by atoms with van der Waals surface area (Å²) < 4.78 is 16.7. The highest BCUT2D eigenvalue weighted by Crippen LogP contribution is 2.30. The van der Waals surface area contributed by atoms with E-state index in [0.717, 1.165) is 31.4 Å². The summed E-state index contributed by atoms with van der Waals surface area (Å²) in [5, 5.41) is 72.6. The van der Waals surface area contributed by atoms with Crippen LogP contribution in [0.3, 0.4) is 0 Å². The number of nitrogens with zero attached hydrogens (tertiary/aromatic N) is 3. The average Bonchev–Trinajstić information content (AvgIpc) is 1.64. The molecule has 16 atom stereocenters. The Balaban J connectivity index is 1.09. The van der Waals surface area contributed by atoms with Gasteiger partial charge in [-0.25, -0.2) is 4.98 Å². The van der Waals surface area contributed by atoms with Crippen molar-refractivity contribution in [2.45, 2.75) is 248 Å². The second kappa shape index (κ2) is 55.8. The SMILES string of the molecule is C#CCCCC(=O)NCCOCCOCCOCCC(=O)N[C@H]1C[C@H]2C(=O)N[C@@H](CC(=O)O)C(=O)N[C@H]3CSSC[C@H](NC(=O)[C@H](Cc4c[nH]c5ccccc45)NC(=O)[C@H](C(C)C)NC(=O)[C@H](CC(C)C)NC(=O)[C@H](CCC(=O)O)NC(=O)CNC(=O)[C@H](CC(C)C)NC(=O)[C@H](Cc4cnc[nH]4)NC(=O)[C@H](Cc4c[nH]c5ccccc45)NC(=O)[C@H](C)NC3=O)C(=O)N[C@@H]([C@@H](C)O)C(=O)N3CCC[C@@H]3C(=O)N2C1. The Morgan fingerprint density at radius 1 is 0.521 bits per heavy atom. The Morgan fingerprint density at radius 2 is 1.04 bits per heavy atom. The highest BCUT2D eigenvalue weighted by Gasteiger charge is 2.49. The molecule has 7 heterocycles. The number of terminal acetylenes is 1. The lowest BCUT2D eigenvalue weighted by Crippen LogP contribution is -2.63. The van der Waals surface area contributed by atoms with E-state index >= 15 is 47.9 Å². The van der Waals surface area contributed by atoms with Crippen molar-refractivity contribution >= 4 is 156 Å². The monoisotopic (exact) mass is 2020 g/mol. The molecule has 4 saturated heterocycles. The summed E-state index contributed by atoms with van der Waals surface area (Å²) in [5.74, 6) is -19.9. The number of carbonyl (C=O) groups is 19. The van der Waals surface area contributed by atoms with Crippen LogP contribution in [0.4, 0.5) is 0 Å². The fraction of sp³-hybridized carbons (Fsp3) is 0.574. The Bertz CT molecular complexity index is 5300. The molecular formula is C94H131N21O25S2. The maximum atomic E-state index is 15.7. The van der Waals surface area contributed by atoms with E-state index < -0.39 is 253 Å². The van der Waals surface area contributed by atoms with Crippen LogP contribution in [0.25, 0.3) is 21.8 Å². The van der Waals surface area contributed by atoms with Crippen LogP contribution in [0.5, 0.6) is 0 Å². The molecule has 0 radical (unpaired) electrons. The van der Waals surface area contributed by atoms with E-state index in [9.17, 15) is 58.5 Å². The zero-order valence-corrected chi connectivity index (χ0v) is 82.2. The number of hydrogen-bond acceptors (Lipinski definition) is 26. The normalized spacial score (nSPS) is 24.6. The molecule has 0 spiro atoms. The van der Waals surface area contributed by atoms with E-state index in [1.165, 1.54) is 26.4 Å². The van der Waals surface area contributed by atoms with Crippen LogP contribution >= 0.6 is 21.6 Å². The second-order valence-corrected chi connectivity index (χ2v) is 39.0. The smallest absolute Gasteiger partial charge is 0.305 e. The van der Waals surface area contributed by atoms with Crippen molar-refractivity contribution in [3.63, 3.8) is 0 Å². The summed E-state index contributed by atoms with van der Waals surface area (Å²) in [5.41, 5.74) is 2.37. The van der Waals surface area contributed by atoms with Gasteiger partial charge in [-0.1, -0.05) is 99.5 Å². The number of imidazole rings is 1. The van der Waals surface area contributed by atoms with Gasteiger partial charge in [-0.2, -0.15) is 0 Å². The Hall–Kier alpha value is -13.2. The number of H-pyrrole nitrogens is 3. The van der Waals surface area contributed by atoms with Crippen LogP contribution in [0, 0.1) is 30.1 Å². The van der Waals surface area contributed by atoms with Crippen molar-refractivity contribution in [1.29, 1.82) is 0 Å². The van der Waals surface area contributed by atoms with Gasteiger partial charge in [0.15, 0.2) is 0 Å². The van der Waals surface area contributed by atoms with E-state index in [0.29, 0.717) is 52.2 Å². The van der Waals surface area contributed by atoms with Gasteiger partial charge in [-0.15, -0.1) is 12.3 Å². The van der Waals surface area contributed by atoms with Gasteiger partial charge in [-0.3, -0.25) is 91.1 Å². The molecule has 17 amide bonds. The molecule has 46 nitrogen and oxygen atoms in total. The summed E-state index contributed by atoms with van der Waals surface area (Å²) in [6.45, 7) is 11.8. The van der Waals surface area contributed by atoms with Gasteiger partial charge in [0.05, 0.1) is 65.0 Å². The van der Waals surface area contributed by atoms with E-state index in [2.05, 4.69) is 106 Å². The lowest BCUT2D eigenvalue weighted by Gasteiger charge is -2.34. The summed E-state index contributed by atoms with van der Waals surface area (Å²) in [6, 6.07) is -11.1. The minimum Gasteiger partial charge on any atom is -0.481 e. The van der Waals surface area contributed by atoms with E-state index in [-0.39, 0.29) is 134 Å². The number of aliphatic hydroxyl groups is 1. The third-order valence-electron chi connectivity index (χ3n) is 23.9. The molecule has 21 N–H and O–H groups in total. The summed E-state index contributed by atoms with van der Waals surface area (Å²) in [7, 11) is 1.50. The molecule has 0 saturated carbocycles. The summed E-state index contributed by atoms with van der Waals surface area (Å²) in [6.07, 6.45) is 6.35. The van der Waals surface area contributed by atoms with E-state index in [1.807, 2.05) is 0 Å². The molecule has 9 rings (SSSR count). The van der Waals surface area contributed by atoms with Crippen molar-refractivity contribution in [1.82, 2.24) is 109 Å². The molecule has 48 heteroatoms.